The van der Waals surface area contributed by atoms with Crippen molar-refractivity contribution >= 4 is 34.6 Å². The molecule has 3 unspecified atom stereocenters. The topological polar surface area (TPSA) is 126 Å². The summed E-state index contributed by atoms with van der Waals surface area (Å²) in [6.07, 6.45) is 4.32. The van der Waals surface area contributed by atoms with Gasteiger partial charge in [0.15, 0.2) is 0 Å². The Kier molecular flexibility index (Phi) is 10.5. The molecular formula is C32H45FN4O5. The van der Waals surface area contributed by atoms with Crippen LogP contribution in [0.1, 0.15) is 58.4 Å². The number of carbonyl (C=O) groups is 2. The second kappa shape index (κ2) is 14.1. The number of carbonyl (C=O) groups excluding carboxylic acids is 1. The second-order valence-electron chi connectivity index (χ2n) is 12.1. The molecule has 5 N–H and O–H groups in total. The molecule has 0 spiro atoms. The normalized spacial score (nSPS) is 21.3. The number of nitrogens with zero attached hydrogens (tertiary/aromatic N) is 1. The Morgan fingerprint density at radius 3 is 2.55 bits per heavy atom. The van der Waals surface area contributed by atoms with Crippen molar-refractivity contribution in [2.45, 2.75) is 65.5 Å². The minimum Gasteiger partial charge on any atom is -0.494 e. The summed E-state index contributed by atoms with van der Waals surface area (Å²) in [6, 6.07) is 8.17. The Balaban J connectivity index is 1.39. The lowest BCUT2D eigenvalue weighted by molar-refractivity contribution is -0.142. The molecule has 0 bridgehead atoms. The summed E-state index contributed by atoms with van der Waals surface area (Å²) < 4.78 is 26.7. The molecule has 230 valence electrons. The summed E-state index contributed by atoms with van der Waals surface area (Å²) in [5, 5.41) is 15.5. The van der Waals surface area contributed by atoms with E-state index >= 15 is 4.39 Å². The Labute approximate surface area is 247 Å². The molecule has 4 rings (SSSR count). The van der Waals surface area contributed by atoms with Crippen LogP contribution in [0, 0.1) is 29.5 Å². The number of methoxy groups -OCH3 is 1. The van der Waals surface area contributed by atoms with E-state index < -0.39 is 17.7 Å². The van der Waals surface area contributed by atoms with E-state index in [1.165, 1.54) is 19.6 Å². The van der Waals surface area contributed by atoms with Gasteiger partial charge in [-0.3, -0.25) is 9.59 Å². The summed E-state index contributed by atoms with van der Waals surface area (Å²) in [4.78, 5) is 26.1. The first-order chi connectivity index (χ1) is 20.1. The van der Waals surface area contributed by atoms with E-state index in [1.807, 2.05) is 4.90 Å². The molecule has 0 radical (unpaired) electrons. The van der Waals surface area contributed by atoms with Crippen LogP contribution in [0.25, 0.3) is 0 Å². The highest BCUT2D eigenvalue weighted by Crippen LogP contribution is 2.36. The van der Waals surface area contributed by atoms with E-state index in [0.29, 0.717) is 77.7 Å². The highest BCUT2D eigenvalue weighted by Gasteiger charge is 2.32. The highest BCUT2D eigenvalue weighted by atomic mass is 19.1. The number of aliphatic carboxylic acids is 1. The van der Waals surface area contributed by atoms with Gasteiger partial charge >= 0.3 is 5.97 Å². The number of amides is 1. The molecule has 1 heterocycles. The quantitative estimate of drug-likeness (QED) is 0.246. The third-order valence-electron chi connectivity index (χ3n) is 8.75. The predicted molar refractivity (Wildman–Crippen MR) is 163 cm³/mol. The summed E-state index contributed by atoms with van der Waals surface area (Å²) in [7, 11) is 1.53. The zero-order valence-corrected chi connectivity index (χ0v) is 25.1. The van der Waals surface area contributed by atoms with Crippen LogP contribution in [0.3, 0.4) is 0 Å². The number of carboxylic acids is 1. The molecule has 2 fully saturated rings. The van der Waals surface area contributed by atoms with Crippen LogP contribution in [0.4, 0.5) is 27.1 Å². The number of hydrogen-bond acceptors (Lipinski definition) is 7. The predicted octanol–water partition coefficient (Wildman–Crippen LogP) is 5.75. The van der Waals surface area contributed by atoms with E-state index in [0.717, 1.165) is 12.8 Å². The lowest BCUT2D eigenvalue weighted by atomic mass is 9.75. The van der Waals surface area contributed by atoms with Gasteiger partial charge in [0.1, 0.15) is 18.2 Å². The Morgan fingerprint density at radius 2 is 1.88 bits per heavy atom. The highest BCUT2D eigenvalue weighted by molar-refractivity contribution is 5.93. The van der Waals surface area contributed by atoms with Crippen molar-refractivity contribution in [1.82, 2.24) is 0 Å². The van der Waals surface area contributed by atoms with E-state index in [4.69, 9.17) is 15.2 Å². The van der Waals surface area contributed by atoms with E-state index in [1.54, 1.807) is 24.3 Å². The third kappa shape index (κ3) is 7.65. The second-order valence-corrected chi connectivity index (χ2v) is 12.1. The number of benzene rings is 2. The molecule has 2 aliphatic rings. The Bertz CT molecular complexity index is 1250. The zero-order chi connectivity index (χ0) is 30.4. The van der Waals surface area contributed by atoms with Crippen molar-refractivity contribution in [3.8, 4) is 5.75 Å². The van der Waals surface area contributed by atoms with E-state index in [2.05, 4.69) is 31.4 Å². The van der Waals surface area contributed by atoms with Crippen LogP contribution in [0.2, 0.25) is 0 Å². The van der Waals surface area contributed by atoms with Gasteiger partial charge in [-0.2, -0.15) is 0 Å². The van der Waals surface area contributed by atoms with Crippen molar-refractivity contribution in [3.05, 3.63) is 41.7 Å². The van der Waals surface area contributed by atoms with E-state index in [-0.39, 0.29) is 25.2 Å². The Morgan fingerprint density at radius 1 is 1.14 bits per heavy atom. The average molecular weight is 585 g/mol. The largest absolute Gasteiger partial charge is 0.494 e. The summed E-state index contributed by atoms with van der Waals surface area (Å²) in [5.41, 5.74) is 8.92. The van der Waals surface area contributed by atoms with Crippen LogP contribution >= 0.6 is 0 Å². The van der Waals surface area contributed by atoms with Gasteiger partial charge in [-0.05, 0) is 67.7 Å². The van der Waals surface area contributed by atoms with Gasteiger partial charge in [-0.1, -0.05) is 27.2 Å². The standard InChI is InChI=1S/C32H45FN4O5/c1-19(2)23-7-5-20(3)15-28(23)42-18-30(38)36-27-10-6-22(16-29(27)41-4)35-17-24-25(33)8-9-26(34)31(24)37-13-11-21(12-14-37)32(39)40/h6,8-10,16,19-21,23,28,35H,5,7,11-15,17-18,34H2,1-4H3,(H,36,38)(H,39,40). The molecule has 0 aromatic heterocycles. The number of nitrogens with two attached hydrogens (primary N) is 1. The fraction of sp³-hybridized carbons (Fsp3) is 0.562. The monoisotopic (exact) mass is 584 g/mol. The number of nitrogen functional groups attached to an aromatic ring is 1. The van der Waals surface area contributed by atoms with Crippen LogP contribution in [-0.4, -0.2) is 49.9 Å². The average Bonchev–Trinajstić information content (AvgIpc) is 2.97. The molecule has 9 nitrogen and oxygen atoms in total. The zero-order valence-electron chi connectivity index (χ0n) is 25.1. The first kappa shape index (κ1) is 31.4. The number of rotatable bonds is 11. The molecule has 1 aliphatic heterocycles. The maximum absolute atomic E-state index is 15.0. The molecule has 2 aromatic rings. The van der Waals surface area contributed by atoms with Crippen LogP contribution < -0.4 is 26.0 Å². The molecule has 2 aromatic carbocycles. The first-order valence-corrected chi connectivity index (χ1v) is 14.9. The number of ether oxygens (including phenoxy) is 2. The molecular weight excluding hydrogens is 539 g/mol. The number of piperidine rings is 1. The van der Waals surface area contributed by atoms with Crippen molar-refractivity contribution in [2.75, 3.05) is 48.1 Å². The molecule has 1 aliphatic carbocycles. The fourth-order valence-corrected chi connectivity index (χ4v) is 6.29. The first-order valence-electron chi connectivity index (χ1n) is 14.9. The fourth-order valence-electron chi connectivity index (χ4n) is 6.29. The molecule has 42 heavy (non-hydrogen) atoms. The van der Waals surface area contributed by atoms with Crippen LogP contribution in [-0.2, 0) is 20.9 Å². The minimum atomic E-state index is -0.802. The van der Waals surface area contributed by atoms with Crippen molar-refractivity contribution in [3.63, 3.8) is 0 Å². The van der Waals surface area contributed by atoms with Gasteiger partial charge in [-0.15, -0.1) is 0 Å². The molecule has 10 heteroatoms. The molecule has 3 atom stereocenters. The van der Waals surface area contributed by atoms with Gasteiger partial charge in [-0.25, -0.2) is 4.39 Å². The van der Waals surface area contributed by atoms with Gasteiger partial charge in [0.05, 0.1) is 36.2 Å². The minimum absolute atomic E-state index is 0.0229. The van der Waals surface area contributed by atoms with Gasteiger partial charge in [0.25, 0.3) is 0 Å². The maximum Gasteiger partial charge on any atom is 0.306 e. The summed E-state index contributed by atoms with van der Waals surface area (Å²) >= 11 is 0. The third-order valence-corrected chi connectivity index (χ3v) is 8.75. The number of carboxylic acid groups (broad SMARTS) is 1. The van der Waals surface area contributed by atoms with E-state index in [9.17, 15) is 14.7 Å². The number of hydrogen-bond donors (Lipinski definition) is 4. The lowest BCUT2D eigenvalue weighted by Crippen LogP contribution is -2.37. The summed E-state index contributed by atoms with van der Waals surface area (Å²) in [5.74, 6) is 0.176. The van der Waals surface area contributed by atoms with Crippen molar-refractivity contribution in [2.24, 2.45) is 23.7 Å². The van der Waals surface area contributed by atoms with Crippen LogP contribution in [0.5, 0.6) is 5.75 Å². The Hall–Kier alpha value is -3.53. The van der Waals surface area contributed by atoms with Gasteiger partial charge in [0, 0.05) is 37.0 Å². The lowest BCUT2D eigenvalue weighted by Gasteiger charge is -2.37. The SMILES string of the molecule is COc1cc(NCc2c(F)ccc(N)c2N2CCC(C(=O)O)CC2)ccc1NC(=O)COC1CC(C)CCC1C(C)C. The number of nitrogens with one attached hydrogen (secondary N) is 2. The smallest absolute Gasteiger partial charge is 0.306 e. The van der Waals surface area contributed by atoms with Gasteiger partial charge < -0.3 is 35.8 Å². The van der Waals surface area contributed by atoms with Crippen LogP contribution in [0.15, 0.2) is 30.3 Å². The van der Waals surface area contributed by atoms with Gasteiger partial charge in [0.2, 0.25) is 5.91 Å². The molecule has 1 saturated carbocycles. The molecule has 1 saturated heterocycles. The molecule has 1 amide bonds. The van der Waals surface area contributed by atoms with Crippen molar-refractivity contribution < 1.29 is 28.6 Å². The maximum atomic E-state index is 15.0. The van der Waals surface area contributed by atoms with Crippen molar-refractivity contribution in [1.29, 1.82) is 0 Å². The number of anilines is 4. The number of halogens is 1. The summed E-state index contributed by atoms with van der Waals surface area (Å²) in [6.45, 7) is 7.77.